The summed E-state index contributed by atoms with van der Waals surface area (Å²) in [5, 5.41) is 5.36. The van der Waals surface area contributed by atoms with Crippen LogP contribution < -0.4 is 10.1 Å². The Kier molecular flexibility index (Phi) is 4.37. The largest absolute Gasteiger partial charge is 0.497 e. The number of nitrogens with one attached hydrogen (secondary N) is 1. The van der Waals surface area contributed by atoms with E-state index in [4.69, 9.17) is 4.74 Å². The number of aryl methyl sites for hydroxylation is 2. The van der Waals surface area contributed by atoms with Crippen LogP contribution in [0.2, 0.25) is 0 Å². The van der Waals surface area contributed by atoms with E-state index in [9.17, 15) is 4.79 Å². The van der Waals surface area contributed by atoms with Crippen molar-refractivity contribution in [2.24, 2.45) is 0 Å². The number of rotatable bonds is 4. The molecule has 0 bridgehead atoms. The zero-order chi connectivity index (χ0) is 19.0. The molecule has 4 rings (SSSR count). The van der Waals surface area contributed by atoms with Gasteiger partial charge in [0.15, 0.2) is 5.13 Å². The van der Waals surface area contributed by atoms with Gasteiger partial charge < -0.3 is 4.74 Å². The molecule has 4 aromatic rings. The van der Waals surface area contributed by atoms with Crippen LogP contribution in [0.15, 0.2) is 48.0 Å². The van der Waals surface area contributed by atoms with Crippen LogP contribution in [0.1, 0.15) is 21.7 Å². The fraction of sp³-hybridized carbons (Fsp3) is 0.150. The summed E-state index contributed by atoms with van der Waals surface area (Å²) in [6.45, 7) is 3.82. The van der Waals surface area contributed by atoms with E-state index in [1.165, 1.54) is 11.3 Å². The fourth-order valence-corrected chi connectivity index (χ4v) is 3.69. The smallest absolute Gasteiger partial charge is 0.276 e. The van der Waals surface area contributed by atoms with E-state index >= 15 is 0 Å². The van der Waals surface area contributed by atoms with Crippen LogP contribution in [0.3, 0.4) is 0 Å². The lowest BCUT2D eigenvalue weighted by Crippen LogP contribution is -2.15. The Hall–Kier alpha value is -3.19. The Bertz CT molecular complexity index is 1130. The number of nitrogens with zero attached hydrogens (tertiary/aromatic N) is 3. The molecule has 0 aliphatic heterocycles. The molecule has 0 saturated carbocycles. The monoisotopic (exact) mass is 378 g/mol. The maximum Gasteiger partial charge on any atom is 0.276 e. The molecule has 6 nitrogen and oxygen atoms in total. The van der Waals surface area contributed by atoms with Crippen LogP contribution in [0.25, 0.3) is 16.9 Å². The van der Waals surface area contributed by atoms with E-state index in [1.807, 2.05) is 66.2 Å². The van der Waals surface area contributed by atoms with Gasteiger partial charge in [-0.1, -0.05) is 6.07 Å². The number of hydrogen-bond acceptors (Lipinski definition) is 5. The number of imidazole rings is 1. The number of fused-ring (bicyclic) bond motifs is 1. The highest BCUT2D eigenvalue weighted by atomic mass is 32.1. The quantitative estimate of drug-likeness (QED) is 0.574. The van der Waals surface area contributed by atoms with E-state index in [0.29, 0.717) is 16.5 Å². The van der Waals surface area contributed by atoms with Crippen molar-refractivity contribution in [3.63, 3.8) is 0 Å². The minimum absolute atomic E-state index is 0.221. The Labute approximate surface area is 160 Å². The number of aromatic nitrogens is 3. The second-order valence-corrected chi connectivity index (χ2v) is 7.01. The molecule has 0 saturated heterocycles. The molecule has 1 aromatic carbocycles. The summed E-state index contributed by atoms with van der Waals surface area (Å²) in [6.07, 6.45) is 1.85. The van der Waals surface area contributed by atoms with Gasteiger partial charge in [0.1, 0.15) is 17.1 Å². The third-order valence-corrected chi connectivity index (χ3v) is 5.10. The van der Waals surface area contributed by atoms with Gasteiger partial charge in [-0.15, -0.1) is 11.3 Å². The number of carbonyl (C=O) groups is 1. The molecule has 0 fully saturated rings. The summed E-state index contributed by atoms with van der Waals surface area (Å²) < 4.78 is 6.99. The van der Waals surface area contributed by atoms with E-state index in [1.54, 1.807) is 7.11 Å². The predicted octanol–water partition coefficient (Wildman–Crippen LogP) is 4.34. The fourth-order valence-electron chi connectivity index (χ4n) is 2.97. The van der Waals surface area contributed by atoms with E-state index < -0.39 is 0 Å². The van der Waals surface area contributed by atoms with E-state index in [0.717, 1.165) is 28.2 Å². The molecule has 0 aliphatic rings. The Balaban J connectivity index is 1.60. The van der Waals surface area contributed by atoms with Gasteiger partial charge in [-0.25, -0.2) is 9.97 Å². The van der Waals surface area contributed by atoms with Gasteiger partial charge in [-0.2, -0.15) is 0 Å². The van der Waals surface area contributed by atoms with Crippen molar-refractivity contribution >= 4 is 28.0 Å². The summed E-state index contributed by atoms with van der Waals surface area (Å²) in [5.41, 5.74) is 4.80. The molecule has 3 heterocycles. The van der Waals surface area contributed by atoms with Crippen molar-refractivity contribution in [2.45, 2.75) is 13.8 Å². The van der Waals surface area contributed by atoms with Crippen LogP contribution >= 0.6 is 11.3 Å². The first-order chi connectivity index (χ1) is 13.1. The van der Waals surface area contributed by atoms with Crippen LogP contribution in [0.5, 0.6) is 5.75 Å². The zero-order valence-electron chi connectivity index (χ0n) is 15.2. The molecule has 0 aliphatic carbocycles. The number of amides is 1. The third-order valence-electron chi connectivity index (χ3n) is 4.34. The number of ether oxygens (including phenoxy) is 1. The molecule has 0 spiro atoms. The SMILES string of the molecule is COc1ccc(-c2csc(NC(=O)c3c(C)nc4c(C)cccn34)n2)cc1. The Morgan fingerprint density at radius 1 is 1.15 bits per heavy atom. The average molecular weight is 378 g/mol. The third kappa shape index (κ3) is 3.17. The first-order valence-corrected chi connectivity index (χ1v) is 9.30. The van der Waals surface area contributed by atoms with Gasteiger partial charge in [0, 0.05) is 17.1 Å². The minimum Gasteiger partial charge on any atom is -0.497 e. The lowest BCUT2D eigenvalue weighted by molar-refractivity contribution is 0.102. The maximum atomic E-state index is 12.8. The first kappa shape index (κ1) is 17.2. The number of anilines is 1. The molecule has 7 heteroatoms. The highest BCUT2D eigenvalue weighted by Gasteiger charge is 2.18. The lowest BCUT2D eigenvalue weighted by atomic mass is 10.2. The minimum atomic E-state index is -0.221. The summed E-state index contributed by atoms with van der Waals surface area (Å²) in [6, 6.07) is 11.5. The number of pyridine rings is 1. The molecule has 3 aromatic heterocycles. The predicted molar refractivity (Wildman–Crippen MR) is 107 cm³/mol. The first-order valence-electron chi connectivity index (χ1n) is 8.42. The van der Waals surface area contributed by atoms with Crippen molar-refractivity contribution in [3.05, 3.63) is 64.9 Å². The van der Waals surface area contributed by atoms with Crippen molar-refractivity contribution < 1.29 is 9.53 Å². The van der Waals surface area contributed by atoms with Crippen molar-refractivity contribution in [1.29, 1.82) is 0 Å². The standard InChI is InChI=1S/C20H18N4O2S/c1-12-5-4-10-24-17(13(2)21-18(12)24)19(25)23-20-22-16(11-27-20)14-6-8-15(26-3)9-7-14/h4-11H,1-3H3,(H,22,23,25). The molecular weight excluding hydrogens is 360 g/mol. The topological polar surface area (TPSA) is 68.5 Å². The summed E-state index contributed by atoms with van der Waals surface area (Å²) in [7, 11) is 1.63. The maximum absolute atomic E-state index is 12.8. The van der Waals surface area contributed by atoms with Crippen molar-refractivity contribution in [1.82, 2.24) is 14.4 Å². The Morgan fingerprint density at radius 3 is 2.67 bits per heavy atom. The van der Waals surface area contributed by atoms with Crippen LogP contribution in [0.4, 0.5) is 5.13 Å². The molecule has 0 radical (unpaired) electrons. The number of methoxy groups -OCH3 is 1. The van der Waals surface area contributed by atoms with Crippen molar-refractivity contribution in [2.75, 3.05) is 12.4 Å². The van der Waals surface area contributed by atoms with E-state index in [-0.39, 0.29) is 5.91 Å². The van der Waals surface area contributed by atoms with Gasteiger partial charge >= 0.3 is 0 Å². The summed E-state index contributed by atoms with van der Waals surface area (Å²) in [4.78, 5) is 21.9. The zero-order valence-corrected chi connectivity index (χ0v) is 16.0. The van der Waals surface area contributed by atoms with Crippen LogP contribution in [-0.2, 0) is 0 Å². The number of benzene rings is 1. The molecular formula is C20H18N4O2S. The average Bonchev–Trinajstić information content (AvgIpc) is 3.26. The molecule has 27 heavy (non-hydrogen) atoms. The van der Waals surface area contributed by atoms with Crippen molar-refractivity contribution in [3.8, 4) is 17.0 Å². The second-order valence-electron chi connectivity index (χ2n) is 6.15. The van der Waals surface area contributed by atoms with Gasteiger partial charge in [-0.3, -0.25) is 14.5 Å². The van der Waals surface area contributed by atoms with E-state index in [2.05, 4.69) is 15.3 Å². The number of thiazole rings is 1. The highest BCUT2D eigenvalue weighted by molar-refractivity contribution is 7.14. The van der Waals surface area contributed by atoms with Gasteiger partial charge in [0.25, 0.3) is 5.91 Å². The lowest BCUT2D eigenvalue weighted by Gasteiger charge is -2.04. The van der Waals surface area contributed by atoms with Gasteiger partial charge in [0.2, 0.25) is 0 Å². The second kappa shape index (κ2) is 6.85. The number of carbonyl (C=O) groups excluding carboxylic acids is 1. The number of hydrogen-bond donors (Lipinski definition) is 1. The highest BCUT2D eigenvalue weighted by Crippen LogP contribution is 2.27. The van der Waals surface area contributed by atoms with Crippen LogP contribution in [-0.4, -0.2) is 27.4 Å². The molecule has 0 unspecified atom stereocenters. The molecule has 1 amide bonds. The van der Waals surface area contributed by atoms with Gasteiger partial charge in [-0.05, 0) is 49.7 Å². The van der Waals surface area contributed by atoms with Gasteiger partial charge in [0.05, 0.1) is 18.5 Å². The molecule has 0 atom stereocenters. The molecule has 136 valence electrons. The normalized spacial score (nSPS) is 10.9. The van der Waals surface area contributed by atoms with Crippen LogP contribution in [0, 0.1) is 13.8 Å². The molecule has 1 N–H and O–H groups in total. The Morgan fingerprint density at radius 2 is 1.93 bits per heavy atom. The summed E-state index contributed by atoms with van der Waals surface area (Å²) >= 11 is 1.39. The summed E-state index contributed by atoms with van der Waals surface area (Å²) in [5.74, 6) is 0.571.